The highest BCUT2D eigenvalue weighted by Crippen LogP contribution is 2.14. The van der Waals surface area contributed by atoms with Gasteiger partial charge in [-0.25, -0.2) is 14.8 Å². The molecule has 3 rings (SSSR count). The van der Waals surface area contributed by atoms with E-state index < -0.39 is 5.97 Å². The Hall–Kier alpha value is -3.14. The summed E-state index contributed by atoms with van der Waals surface area (Å²) in [7, 11) is 0. The third kappa shape index (κ3) is 6.95. The number of hydrogen-bond acceptors (Lipinski definition) is 7. The second kappa shape index (κ2) is 10.8. The summed E-state index contributed by atoms with van der Waals surface area (Å²) in [6.45, 7) is 5.02. The van der Waals surface area contributed by atoms with Crippen molar-refractivity contribution >= 4 is 35.4 Å². The van der Waals surface area contributed by atoms with Crippen LogP contribution in [0.2, 0.25) is 0 Å². The maximum Gasteiger partial charge on any atom is 0.321 e. The molecule has 1 fully saturated rings. The summed E-state index contributed by atoms with van der Waals surface area (Å²) in [6.07, 6.45) is 0. The number of aryl methyl sites for hydroxylation is 2. The Morgan fingerprint density at radius 3 is 2.26 bits per heavy atom. The zero-order valence-corrected chi connectivity index (χ0v) is 18.4. The van der Waals surface area contributed by atoms with Crippen LogP contribution in [0.1, 0.15) is 11.4 Å². The van der Waals surface area contributed by atoms with Crippen molar-refractivity contribution in [2.45, 2.75) is 19.0 Å². The standard InChI is InChI=1S/C21H25N5O4S/c1-15-12-16(2)23-20(22-15)31-14-19(28)30-13-18(27)25-8-10-26(11-9-25)21(29)24-17-6-4-3-5-7-17/h3-7,12H,8-11,13-14H2,1-2H3,(H,24,29). The molecule has 0 saturated carbocycles. The number of urea groups is 1. The molecule has 0 aliphatic carbocycles. The van der Waals surface area contributed by atoms with Crippen LogP contribution in [-0.4, -0.2) is 76.2 Å². The molecule has 0 atom stereocenters. The van der Waals surface area contributed by atoms with E-state index in [4.69, 9.17) is 4.74 Å². The van der Waals surface area contributed by atoms with Crippen molar-refractivity contribution < 1.29 is 19.1 Å². The largest absolute Gasteiger partial charge is 0.455 e. The van der Waals surface area contributed by atoms with Gasteiger partial charge in [0.05, 0.1) is 5.75 Å². The van der Waals surface area contributed by atoms with Crippen molar-refractivity contribution in [2.75, 3.05) is 43.9 Å². The van der Waals surface area contributed by atoms with E-state index in [1.54, 1.807) is 9.80 Å². The zero-order valence-electron chi connectivity index (χ0n) is 17.5. The van der Waals surface area contributed by atoms with E-state index in [1.165, 1.54) is 11.8 Å². The molecular formula is C21H25N5O4S. The molecule has 1 aromatic carbocycles. The average Bonchev–Trinajstić information content (AvgIpc) is 2.76. The number of benzene rings is 1. The molecule has 2 aromatic rings. The number of nitrogens with zero attached hydrogens (tertiary/aromatic N) is 4. The summed E-state index contributed by atoms with van der Waals surface area (Å²) >= 11 is 1.18. The summed E-state index contributed by atoms with van der Waals surface area (Å²) in [5, 5.41) is 3.34. The van der Waals surface area contributed by atoms with Gasteiger partial charge in [-0.05, 0) is 32.0 Å². The van der Waals surface area contributed by atoms with Crippen LogP contribution in [0.15, 0.2) is 41.6 Å². The lowest BCUT2D eigenvalue weighted by Gasteiger charge is -2.34. The van der Waals surface area contributed by atoms with E-state index >= 15 is 0 Å². The predicted molar refractivity (Wildman–Crippen MR) is 117 cm³/mol. The highest BCUT2D eigenvalue weighted by molar-refractivity contribution is 7.99. The summed E-state index contributed by atoms with van der Waals surface area (Å²) < 4.78 is 5.09. The summed E-state index contributed by atoms with van der Waals surface area (Å²) in [6, 6.07) is 10.9. The van der Waals surface area contributed by atoms with Crippen molar-refractivity contribution in [3.8, 4) is 0 Å². The third-order valence-electron chi connectivity index (χ3n) is 4.58. The topological polar surface area (TPSA) is 105 Å². The van der Waals surface area contributed by atoms with Gasteiger partial charge in [-0.1, -0.05) is 30.0 Å². The van der Waals surface area contributed by atoms with Crippen LogP contribution in [0.4, 0.5) is 10.5 Å². The van der Waals surface area contributed by atoms with Gasteiger partial charge < -0.3 is 19.9 Å². The number of carbonyl (C=O) groups excluding carboxylic acids is 3. The van der Waals surface area contributed by atoms with Gasteiger partial charge in [0.2, 0.25) is 0 Å². The van der Waals surface area contributed by atoms with Gasteiger partial charge >= 0.3 is 12.0 Å². The Labute approximate surface area is 185 Å². The smallest absolute Gasteiger partial charge is 0.321 e. The number of esters is 1. The number of hydrogen-bond donors (Lipinski definition) is 1. The minimum atomic E-state index is -0.498. The monoisotopic (exact) mass is 443 g/mol. The van der Waals surface area contributed by atoms with E-state index in [-0.39, 0.29) is 24.3 Å². The van der Waals surface area contributed by atoms with Gasteiger partial charge in [0.1, 0.15) is 0 Å². The molecule has 3 amide bonds. The minimum Gasteiger partial charge on any atom is -0.455 e. The average molecular weight is 444 g/mol. The molecule has 9 nitrogen and oxygen atoms in total. The van der Waals surface area contributed by atoms with Crippen LogP contribution in [0.3, 0.4) is 0 Å². The number of ether oxygens (including phenoxy) is 1. The molecule has 10 heteroatoms. The fourth-order valence-corrected chi connectivity index (χ4v) is 3.79. The highest BCUT2D eigenvalue weighted by atomic mass is 32.2. The predicted octanol–water partition coefficient (Wildman–Crippen LogP) is 2.11. The van der Waals surface area contributed by atoms with Gasteiger partial charge in [-0.3, -0.25) is 9.59 Å². The molecular weight excluding hydrogens is 418 g/mol. The summed E-state index contributed by atoms with van der Waals surface area (Å²) in [4.78, 5) is 48.4. The maximum atomic E-state index is 12.3. The number of aromatic nitrogens is 2. The Morgan fingerprint density at radius 1 is 1.00 bits per heavy atom. The van der Waals surface area contributed by atoms with E-state index in [2.05, 4.69) is 15.3 Å². The second-order valence-electron chi connectivity index (χ2n) is 7.05. The SMILES string of the molecule is Cc1cc(C)nc(SCC(=O)OCC(=O)N2CCN(C(=O)Nc3ccccc3)CC2)n1. The van der Waals surface area contributed by atoms with E-state index in [9.17, 15) is 14.4 Å². The molecule has 1 aliphatic rings. The molecule has 31 heavy (non-hydrogen) atoms. The van der Waals surface area contributed by atoms with Gasteiger partial charge in [0.25, 0.3) is 5.91 Å². The first kappa shape index (κ1) is 22.5. The number of para-hydroxylation sites is 1. The highest BCUT2D eigenvalue weighted by Gasteiger charge is 2.24. The Balaban J connectivity index is 1.36. The zero-order chi connectivity index (χ0) is 22.2. The van der Waals surface area contributed by atoms with Crippen LogP contribution in [0, 0.1) is 13.8 Å². The molecule has 1 N–H and O–H groups in total. The van der Waals surface area contributed by atoms with Gasteiger partial charge in [-0.2, -0.15) is 0 Å². The molecule has 2 heterocycles. The second-order valence-corrected chi connectivity index (χ2v) is 7.99. The number of nitrogens with one attached hydrogen (secondary N) is 1. The van der Waals surface area contributed by atoms with Crippen molar-refractivity contribution in [3.05, 3.63) is 47.8 Å². The summed E-state index contributed by atoms with van der Waals surface area (Å²) in [5.41, 5.74) is 2.38. The Morgan fingerprint density at radius 2 is 1.61 bits per heavy atom. The van der Waals surface area contributed by atoms with Crippen LogP contribution < -0.4 is 5.32 Å². The molecule has 0 radical (unpaired) electrons. The van der Waals surface area contributed by atoms with Crippen LogP contribution in [-0.2, 0) is 14.3 Å². The van der Waals surface area contributed by atoms with Crippen LogP contribution >= 0.6 is 11.8 Å². The van der Waals surface area contributed by atoms with Crippen LogP contribution in [0.5, 0.6) is 0 Å². The van der Waals surface area contributed by atoms with E-state index in [1.807, 2.05) is 50.2 Å². The van der Waals surface area contributed by atoms with Crippen molar-refractivity contribution in [1.82, 2.24) is 19.8 Å². The van der Waals surface area contributed by atoms with Crippen molar-refractivity contribution in [2.24, 2.45) is 0 Å². The van der Waals surface area contributed by atoms with Crippen LogP contribution in [0.25, 0.3) is 0 Å². The lowest BCUT2D eigenvalue weighted by molar-refractivity contribution is -0.150. The quantitative estimate of drug-likeness (QED) is 0.414. The number of amides is 3. The van der Waals surface area contributed by atoms with E-state index in [0.717, 1.165) is 17.1 Å². The lowest BCUT2D eigenvalue weighted by atomic mass is 10.3. The number of piperazine rings is 1. The summed E-state index contributed by atoms with van der Waals surface area (Å²) in [5.74, 6) is -0.741. The molecule has 0 unspecified atom stereocenters. The fraction of sp³-hybridized carbons (Fsp3) is 0.381. The van der Waals surface area contributed by atoms with E-state index in [0.29, 0.717) is 31.3 Å². The number of anilines is 1. The molecule has 0 bridgehead atoms. The lowest BCUT2D eigenvalue weighted by Crippen LogP contribution is -2.52. The maximum absolute atomic E-state index is 12.3. The molecule has 1 aromatic heterocycles. The molecule has 164 valence electrons. The van der Waals surface area contributed by atoms with Gasteiger partial charge in [-0.15, -0.1) is 0 Å². The first-order valence-electron chi connectivity index (χ1n) is 9.90. The van der Waals surface area contributed by atoms with Crippen molar-refractivity contribution in [3.63, 3.8) is 0 Å². The molecule has 1 saturated heterocycles. The molecule has 0 spiro atoms. The van der Waals surface area contributed by atoms with Crippen molar-refractivity contribution in [1.29, 1.82) is 0 Å². The Kier molecular flexibility index (Phi) is 7.82. The van der Waals surface area contributed by atoms with Gasteiger partial charge in [0, 0.05) is 43.3 Å². The molecule has 1 aliphatic heterocycles. The third-order valence-corrected chi connectivity index (χ3v) is 5.40. The Bertz CT molecular complexity index is 912. The van der Waals surface area contributed by atoms with Gasteiger partial charge in [0.15, 0.2) is 11.8 Å². The fourth-order valence-electron chi connectivity index (χ4n) is 3.04. The first-order chi connectivity index (χ1) is 14.9. The number of thioether (sulfide) groups is 1. The normalized spacial score (nSPS) is 13.6. The number of carbonyl (C=O) groups is 3. The first-order valence-corrected chi connectivity index (χ1v) is 10.9. The minimum absolute atomic E-state index is 0.0314. The number of rotatable bonds is 6.